The van der Waals surface area contributed by atoms with Gasteiger partial charge in [-0.3, -0.25) is 10.1 Å². The number of hydrogen-bond donors (Lipinski definition) is 1. The minimum Gasteiger partial charge on any atom is -0.496 e. The molecule has 1 amide bonds. The van der Waals surface area contributed by atoms with E-state index in [2.05, 4.69) is 24.1 Å². The van der Waals surface area contributed by atoms with E-state index in [0.717, 1.165) is 16.5 Å². The van der Waals surface area contributed by atoms with Crippen molar-refractivity contribution in [1.29, 1.82) is 0 Å². The van der Waals surface area contributed by atoms with Crippen molar-refractivity contribution in [3.63, 3.8) is 0 Å². The molecule has 1 heterocycles. The van der Waals surface area contributed by atoms with Gasteiger partial charge in [-0.2, -0.15) is 0 Å². The minimum atomic E-state index is -0.211. The molecule has 0 unspecified atom stereocenters. The van der Waals surface area contributed by atoms with E-state index >= 15 is 0 Å². The second-order valence-electron chi connectivity index (χ2n) is 5.59. The number of carbonyl (C=O) groups excluding carboxylic acids is 1. The van der Waals surface area contributed by atoms with Crippen LogP contribution in [0.25, 0.3) is 10.8 Å². The van der Waals surface area contributed by atoms with Crippen molar-refractivity contribution in [3.05, 3.63) is 53.0 Å². The van der Waals surface area contributed by atoms with Crippen LogP contribution < -0.4 is 10.1 Å². The lowest BCUT2D eigenvalue weighted by Crippen LogP contribution is -2.13. The van der Waals surface area contributed by atoms with Crippen molar-refractivity contribution in [2.75, 3.05) is 12.4 Å². The van der Waals surface area contributed by atoms with E-state index in [1.165, 1.54) is 11.3 Å². The third-order valence-corrected chi connectivity index (χ3v) is 4.42. The van der Waals surface area contributed by atoms with Gasteiger partial charge in [-0.15, -0.1) is 11.3 Å². The fourth-order valence-corrected chi connectivity index (χ4v) is 3.21. The summed E-state index contributed by atoms with van der Waals surface area (Å²) in [5, 5.41) is 7.48. The van der Waals surface area contributed by atoms with Crippen molar-refractivity contribution in [1.82, 2.24) is 4.98 Å². The quantitative estimate of drug-likeness (QED) is 0.757. The van der Waals surface area contributed by atoms with Crippen LogP contribution in [0.4, 0.5) is 5.13 Å². The molecule has 5 heteroatoms. The third-order valence-electron chi connectivity index (χ3n) is 3.65. The molecule has 3 aromatic rings. The Morgan fingerprint density at radius 1 is 1.22 bits per heavy atom. The Kier molecular flexibility index (Phi) is 4.30. The highest BCUT2D eigenvalue weighted by Crippen LogP contribution is 2.28. The van der Waals surface area contributed by atoms with Crippen LogP contribution in [-0.2, 0) is 0 Å². The second-order valence-corrected chi connectivity index (χ2v) is 6.44. The van der Waals surface area contributed by atoms with Crippen molar-refractivity contribution < 1.29 is 9.53 Å². The van der Waals surface area contributed by atoms with Gasteiger partial charge in [0.05, 0.1) is 18.4 Å². The minimum absolute atomic E-state index is 0.211. The first-order chi connectivity index (χ1) is 11.1. The topological polar surface area (TPSA) is 51.2 Å². The van der Waals surface area contributed by atoms with Crippen LogP contribution in [-0.4, -0.2) is 18.0 Å². The van der Waals surface area contributed by atoms with E-state index in [4.69, 9.17) is 4.74 Å². The zero-order valence-corrected chi connectivity index (χ0v) is 14.1. The lowest BCUT2D eigenvalue weighted by molar-refractivity contribution is 0.102. The molecular weight excluding hydrogens is 308 g/mol. The molecule has 118 valence electrons. The maximum absolute atomic E-state index is 12.6. The predicted octanol–water partition coefficient (Wildman–Crippen LogP) is 4.68. The van der Waals surface area contributed by atoms with Crippen LogP contribution in [0.2, 0.25) is 0 Å². The van der Waals surface area contributed by atoms with Crippen molar-refractivity contribution in [2.45, 2.75) is 19.8 Å². The highest BCUT2D eigenvalue weighted by molar-refractivity contribution is 7.14. The van der Waals surface area contributed by atoms with E-state index in [-0.39, 0.29) is 5.91 Å². The molecule has 1 aromatic heterocycles. The number of rotatable bonds is 4. The van der Waals surface area contributed by atoms with Gasteiger partial charge in [-0.05, 0) is 28.8 Å². The lowest BCUT2D eigenvalue weighted by atomic mass is 10.1. The summed E-state index contributed by atoms with van der Waals surface area (Å²) in [5.74, 6) is 0.686. The van der Waals surface area contributed by atoms with E-state index < -0.39 is 0 Å². The Labute approximate surface area is 139 Å². The van der Waals surface area contributed by atoms with Gasteiger partial charge in [-0.1, -0.05) is 38.1 Å². The SMILES string of the molecule is COc1cc2ccccc2cc1C(=O)Nc1nc(C(C)C)cs1. The van der Waals surface area contributed by atoms with E-state index in [1.807, 2.05) is 41.8 Å². The number of nitrogens with one attached hydrogen (secondary N) is 1. The maximum atomic E-state index is 12.6. The summed E-state index contributed by atoms with van der Waals surface area (Å²) in [6.45, 7) is 4.15. The van der Waals surface area contributed by atoms with Crippen LogP contribution in [0.1, 0.15) is 35.8 Å². The number of thiazole rings is 1. The molecule has 0 aliphatic carbocycles. The first-order valence-corrected chi connectivity index (χ1v) is 8.30. The average Bonchev–Trinajstić information content (AvgIpc) is 3.02. The summed E-state index contributed by atoms with van der Waals surface area (Å²) >= 11 is 1.43. The number of hydrogen-bond acceptors (Lipinski definition) is 4. The molecule has 0 atom stereocenters. The third kappa shape index (κ3) is 3.19. The summed E-state index contributed by atoms with van der Waals surface area (Å²) in [4.78, 5) is 17.0. The Balaban J connectivity index is 1.92. The van der Waals surface area contributed by atoms with Gasteiger partial charge in [0.25, 0.3) is 5.91 Å². The molecule has 0 saturated heterocycles. The number of anilines is 1. The molecule has 0 radical (unpaired) electrons. The number of ether oxygens (including phenoxy) is 1. The van der Waals surface area contributed by atoms with Gasteiger partial charge < -0.3 is 4.74 Å². The molecule has 3 rings (SSSR count). The zero-order chi connectivity index (χ0) is 16.4. The van der Waals surface area contributed by atoms with E-state index in [0.29, 0.717) is 22.4 Å². The maximum Gasteiger partial charge on any atom is 0.261 e. The number of fused-ring (bicyclic) bond motifs is 1. The standard InChI is InChI=1S/C18H18N2O2S/c1-11(2)15-10-23-18(19-15)20-17(21)14-8-12-6-4-5-7-13(12)9-16(14)22-3/h4-11H,1-3H3,(H,19,20,21). The normalized spacial score (nSPS) is 11.0. The highest BCUT2D eigenvalue weighted by atomic mass is 32.1. The molecule has 4 nitrogen and oxygen atoms in total. The van der Waals surface area contributed by atoms with Crippen LogP contribution in [0, 0.1) is 0 Å². The molecule has 0 spiro atoms. The molecule has 2 aromatic carbocycles. The van der Waals surface area contributed by atoms with Gasteiger partial charge in [0.1, 0.15) is 5.75 Å². The molecule has 0 bridgehead atoms. The molecule has 0 saturated carbocycles. The largest absolute Gasteiger partial charge is 0.496 e. The van der Waals surface area contributed by atoms with Crippen molar-refractivity contribution in [3.8, 4) is 5.75 Å². The zero-order valence-electron chi connectivity index (χ0n) is 13.3. The van der Waals surface area contributed by atoms with E-state index in [9.17, 15) is 4.79 Å². The Bertz CT molecular complexity index is 855. The van der Waals surface area contributed by atoms with Gasteiger partial charge in [0, 0.05) is 5.38 Å². The molecule has 0 fully saturated rings. The second kappa shape index (κ2) is 6.38. The summed E-state index contributed by atoms with van der Waals surface area (Å²) in [7, 11) is 1.57. The first kappa shape index (κ1) is 15.5. The van der Waals surface area contributed by atoms with Crippen molar-refractivity contribution >= 4 is 33.1 Å². The summed E-state index contributed by atoms with van der Waals surface area (Å²) < 4.78 is 5.38. The Morgan fingerprint density at radius 3 is 2.52 bits per heavy atom. The first-order valence-electron chi connectivity index (χ1n) is 7.42. The predicted molar refractivity (Wildman–Crippen MR) is 94.7 cm³/mol. The fraction of sp³-hybridized carbons (Fsp3) is 0.222. The molecule has 0 aliphatic heterocycles. The summed E-state index contributed by atoms with van der Waals surface area (Å²) in [6, 6.07) is 11.6. The van der Waals surface area contributed by atoms with Crippen LogP contribution >= 0.6 is 11.3 Å². The molecule has 23 heavy (non-hydrogen) atoms. The van der Waals surface area contributed by atoms with Gasteiger partial charge >= 0.3 is 0 Å². The van der Waals surface area contributed by atoms with Crippen molar-refractivity contribution in [2.24, 2.45) is 0 Å². The number of aromatic nitrogens is 1. The fourth-order valence-electron chi connectivity index (χ4n) is 2.34. The number of nitrogens with zero attached hydrogens (tertiary/aromatic N) is 1. The molecule has 0 aliphatic rings. The lowest BCUT2D eigenvalue weighted by Gasteiger charge is -2.10. The number of carbonyl (C=O) groups is 1. The van der Waals surface area contributed by atoms with Crippen LogP contribution in [0.15, 0.2) is 41.8 Å². The smallest absolute Gasteiger partial charge is 0.261 e. The number of amides is 1. The Morgan fingerprint density at radius 2 is 1.91 bits per heavy atom. The number of benzene rings is 2. The van der Waals surface area contributed by atoms with Crippen LogP contribution in [0.5, 0.6) is 5.75 Å². The summed E-state index contributed by atoms with van der Waals surface area (Å²) in [5.41, 5.74) is 1.49. The highest BCUT2D eigenvalue weighted by Gasteiger charge is 2.16. The van der Waals surface area contributed by atoms with Crippen LogP contribution in [0.3, 0.4) is 0 Å². The molecule has 1 N–H and O–H groups in total. The van der Waals surface area contributed by atoms with Gasteiger partial charge in [-0.25, -0.2) is 4.98 Å². The summed E-state index contributed by atoms with van der Waals surface area (Å²) in [6.07, 6.45) is 0. The van der Waals surface area contributed by atoms with Gasteiger partial charge in [0.15, 0.2) is 5.13 Å². The molecular formula is C18H18N2O2S. The Hall–Kier alpha value is -2.40. The number of methoxy groups -OCH3 is 1. The van der Waals surface area contributed by atoms with Gasteiger partial charge in [0.2, 0.25) is 0 Å². The average molecular weight is 326 g/mol. The van der Waals surface area contributed by atoms with E-state index in [1.54, 1.807) is 7.11 Å². The monoisotopic (exact) mass is 326 g/mol.